The van der Waals surface area contributed by atoms with Crippen molar-refractivity contribution >= 4 is 28.9 Å². The Balaban J connectivity index is 1.38. The summed E-state index contributed by atoms with van der Waals surface area (Å²) in [7, 11) is 0. The van der Waals surface area contributed by atoms with Crippen molar-refractivity contribution in [3.63, 3.8) is 0 Å². The molecule has 27 heavy (non-hydrogen) atoms. The number of fused-ring (bicyclic) bond motifs is 2. The highest BCUT2D eigenvalue weighted by Gasteiger charge is 2.34. The summed E-state index contributed by atoms with van der Waals surface area (Å²) in [6.45, 7) is -0.536. The van der Waals surface area contributed by atoms with E-state index in [0.29, 0.717) is 22.2 Å². The number of oxazole rings is 1. The third-order valence-corrected chi connectivity index (χ3v) is 4.32. The molecule has 4 rings (SSSR count). The van der Waals surface area contributed by atoms with Crippen molar-refractivity contribution in [3.8, 4) is 0 Å². The first-order chi connectivity index (χ1) is 13.1. The third-order valence-electron chi connectivity index (χ3n) is 4.32. The molecule has 2 heterocycles. The Morgan fingerprint density at radius 2 is 1.56 bits per heavy atom. The van der Waals surface area contributed by atoms with Gasteiger partial charge in [-0.1, -0.05) is 24.3 Å². The molecule has 0 radical (unpaired) electrons. The minimum atomic E-state index is -0.666. The van der Waals surface area contributed by atoms with Crippen LogP contribution in [0.25, 0.3) is 11.1 Å². The van der Waals surface area contributed by atoms with E-state index in [1.807, 2.05) is 0 Å². The highest BCUT2D eigenvalue weighted by atomic mass is 16.5. The number of imide groups is 1. The molecule has 0 fully saturated rings. The van der Waals surface area contributed by atoms with Gasteiger partial charge in [0.1, 0.15) is 13.2 Å². The van der Waals surface area contributed by atoms with Crippen molar-refractivity contribution in [2.75, 3.05) is 13.2 Å². The van der Waals surface area contributed by atoms with Crippen molar-refractivity contribution in [2.24, 2.45) is 0 Å². The van der Waals surface area contributed by atoms with Gasteiger partial charge < -0.3 is 9.15 Å². The van der Waals surface area contributed by atoms with E-state index in [4.69, 9.17) is 9.15 Å². The molecule has 0 N–H and O–H groups in total. The van der Waals surface area contributed by atoms with E-state index in [2.05, 4.69) is 0 Å². The smallest absolute Gasteiger partial charge is 0.420 e. The standard InChI is InChI=1S/C19H14N2O6/c22-16(11-21-14-7-3-4-8-15(14)27-19(21)25)26-10-9-20-17(23)12-5-1-2-6-13(12)18(20)24/h1-8H,9-11H2. The summed E-state index contributed by atoms with van der Waals surface area (Å²) in [6, 6.07) is 13.3. The molecule has 136 valence electrons. The summed E-state index contributed by atoms with van der Waals surface area (Å²) in [5, 5.41) is 0. The van der Waals surface area contributed by atoms with Gasteiger partial charge in [-0.05, 0) is 24.3 Å². The molecule has 8 heteroatoms. The lowest BCUT2D eigenvalue weighted by molar-refractivity contribution is -0.144. The second-order valence-electron chi connectivity index (χ2n) is 5.95. The minimum Gasteiger partial charge on any atom is -0.462 e. The Morgan fingerprint density at radius 1 is 0.926 bits per heavy atom. The van der Waals surface area contributed by atoms with Crippen LogP contribution >= 0.6 is 0 Å². The van der Waals surface area contributed by atoms with Gasteiger partial charge in [0.25, 0.3) is 11.8 Å². The van der Waals surface area contributed by atoms with Gasteiger partial charge in [-0.3, -0.25) is 23.9 Å². The number of carbonyl (C=O) groups is 3. The van der Waals surface area contributed by atoms with Crippen LogP contribution in [0, 0.1) is 0 Å². The van der Waals surface area contributed by atoms with Crippen LogP contribution in [0.1, 0.15) is 20.7 Å². The molecule has 0 bridgehead atoms. The van der Waals surface area contributed by atoms with Gasteiger partial charge in [-0.25, -0.2) is 4.79 Å². The number of esters is 1. The SMILES string of the molecule is O=C(Cn1c(=O)oc2ccccc21)OCCN1C(=O)c2ccccc2C1=O. The molecular formula is C19H14N2O6. The number of benzene rings is 2. The fraction of sp³-hybridized carbons (Fsp3) is 0.158. The van der Waals surface area contributed by atoms with E-state index in [-0.39, 0.29) is 19.7 Å². The molecule has 3 aromatic rings. The summed E-state index contributed by atoms with van der Waals surface area (Å²) >= 11 is 0. The van der Waals surface area contributed by atoms with Crippen LogP contribution in [0.3, 0.4) is 0 Å². The number of amides is 2. The van der Waals surface area contributed by atoms with Gasteiger partial charge in [0, 0.05) is 0 Å². The van der Waals surface area contributed by atoms with Crippen LogP contribution in [0.15, 0.2) is 57.7 Å². The molecule has 0 atom stereocenters. The van der Waals surface area contributed by atoms with Gasteiger partial charge >= 0.3 is 11.7 Å². The Hall–Kier alpha value is -3.68. The largest absolute Gasteiger partial charge is 0.462 e. The second kappa shape index (κ2) is 6.56. The average molecular weight is 366 g/mol. The molecule has 0 unspecified atom stereocenters. The van der Waals surface area contributed by atoms with Gasteiger partial charge in [-0.15, -0.1) is 0 Å². The number of hydrogen-bond donors (Lipinski definition) is 0. The van der Waals surface area contributed by atoms with Gasteiger partial charge in [0.15, 0.2) is 5.58 Å². The number of ether oxygens (including phenoxy) is 1. The quantitative estimate of drug-likeness (QED) is 0.500. The van der Waals surface area contributed by atoms with Crippen LogP contribution in [0.4, 0.5) is 0 Å². The normalized spacial score (nSPS) is 13.3. The molecule has 0 saturated heterocycles. The van der Waals surface area contributed by atoms with E-state index in [0.717, 1.165) is 4.90 Å². The minimum absolute atomic E-state index is 0.0564. The second-order valence-corrected chi connectivity index (χ2v) is 5.95. The van der Waals surface area contributed by atoms with E-state index >= 15 is 0 Å². The van der Waals surface area contributed by atoms with Crippen molar-refractivity contribution in [1.82, 2.24) is 9.47 Å². The van der Waals surface area contributed by atoms with Crippen molar-refractivity contribution in [3.05, 3.63) is 70.2 Å². The summed E-state index contributed by atoms with van der Waals surface area (Å²) in [5.41, 5.74) is 1.54. The molecule has 1 aliphatic heterocycles. The van der Waals surface area contributed by atoms with Crippen LogP contribution in [0.5, 0.6) is 0 Å². The summed E-state index contributed by atoms with van der Waals surface area (Å²) in [6.07, 6.45) is 0. The Morgan fingerprint density at radius 3 is 2.26 bits per heavy atom. The maximum Gasteiger partial charge on any atom is 0.420 e. The lowest BCUT2D eigenvalue weighted by Gasteiger charge is -2.13. The first-order valence-corrected chi connectivity index (χ1v) is 8.25. The maximum absolute atomic E-state index is 12.2. The van der Waals surface area contributed by atoms with Crippen molar-refractivity contribution < 1.29 is 23.5 Å². The van der Waals surface area contributed by atoms with E-state index in [1.54, 1.807) is 48.5 Å². The zero-order valence-electron chi connectivity index (χ0n) is 14.1. The fourth-order valence-electron chi connectivity index (χ4n) is 3.03. The molecule has 2 aromatic carbocycles. The number of hydrogen-bond acceptors (Lipinski definition) is 6. The molecule has 0 aliphatic carbocycles. The number of rotatable bonds is 5. The van der Waals surface area contributed by atoms with Gasteiger partial charge in [0.2, 0.25) is 0 Å². The van der Waals surface area contributed by atoms with E-state index in [1.165, 1.54) is 4.57 Å². The van der Waals surface area contributed by atoms with Gasteiger partial charge in [-0.2, -0.15) is 0 Å². The summed E-state index contributed by atoms with van der Waals surface area (Å²) in [4.78, 5) is 49.4. The first-order valence-electron chi connectivity index (χ1n) is 8.25. The predicted molar refractivity (Wildman–Crippen MR) is 93.2 cm³/mol. The summed E-state index contributed by atoms with van der Waals surface area (Å²) in [5.74, 6) is -2.15. The zero-order valence-corrected chi connectivity index (χ0v) is 14.1. The Bertz CT molecular complexity index is 1090. The monoisotopic (exact) mass is 366 g/mol. The number of para-hydroxylation sites is 2. The van der Waals surface area contributed by atoms with Gasteiger partial charge in [0.05, 0.1) is 23.2 Å². The number of aromatic nitrogens is 1. The molecule has 1 aliphatic rings. The molecule has 0 saturated carbocycles. The molecule has 2 amide bonds. The number of nitrogens with zero attached hydrogens (tertiary/aromatic N) is 2. The fourth-order valence-corrected chi connectivity index (χ4v) is 3.03. The van der Waals surface area contributed by atoms with Crippen molar-refractivity contribution in [2.45, 2.75) is 6.54 Å². The van der Waals surface area contributed by atoms with E-state index < -0.39 is 23.5 Å². The average Bonchev–Trinajstić information content (AvgIpc) is 3.11. The topological polar surface area (TPSA) is 98.8 Å². The predicted octanol–water partition coefficient (Wildman–Crippen LogP) is 1.43. The van der Waals surface area contributed by atoms with Crippen LogP contribution in [-0.4, -0.2) is 40.4 Å². The van der Waals surface area contributed by atoms with Crippen molar-refractivity contribution in [1.29, 1.82) is 0 Å². The van der Waals surface area contributed by atoms with E-state index in [9.17, 15) is 19.2 Å². The molecule has 0 spiro atoms. The molecule has 8 nitrogen and oxygen atoms in total. The Kier molecular flexibility index (Phi) is 4.08. The van der Waals surface area contributed by atoms with Crippen LogP contribution in [0.2, 0.25) is 0 Å². The lowest BCUT2D eigenvalue weighted by Crippen LogP contribution is -2.34. The molecule has 1 aromatic heterocycles. The zero-order chi connectivity index (χ0) is 19.0. The molecular weight excluding hydrogens is 352 g/mol. The first kappa shape index (κ1) is 16.8. The van der Waals surface area contributed by atoms with Crippen LogP contribution < -0.4 is 5.76 Å². The summed E-state index contributed by atoms with van der Waals surface area (Å²) < 4.78 is 11.3. The third kappa shape index (κ3) is 2.91. The highest BCUT2D eigenvalue weighted by molar-refractivity contribution is 6.21. The Labute approximate surface area is 152 Å². The highest BCUT2D eigenvalue weighted by Crippen LogP contribution is 2.21. The number of carbonyl (C=O) groups excluding carboxylic acids is 3. The van der Waals surface area contributed by atoms with Crippen LogP contribution in [-0.2, 0) is 16.1 Å². The maximum atomic E-state index is 12.2. The lowest BCUT2D eigenvalue weighted by atomic mass is 10.1.